The van der Waals surface area contributed by atoms with E-state index in [0.717, 1.165) is 38.5 Å². The zero-order valence-corrected chi connectivity index (χ0v) is 11.3. The fraction of sp³-hybridized carbons (Fsp3) is 0.929. The Morgan fingerprint density at radius 2 is 1.88 bits per heavy atom. The van der Waals surface area contributed by atoms with Crippen LogP contribution >= 0.6 is 0 Å². The predicted molar refractivity (Wildman–Crippen MR) is 69.7 cm³/mol. The summed E-state index contributed by atoms with van der Waals surface area (Å²) in [5.41, 5.74) is -0.655. The fourth-order valence-electron chi connectivity index (χ4n) is 2.55. The van der Waals surface area contributed by atoms with Crippen molar-refractivity contribution in [1.29, 1.82) is 0 Å². The third-order valence-corrected chi connectivity index (χ3v) is 3.80. The number of nitrogens with one attached hydrogen (secondary N) is 1. The van der Waals surface area contributed by atoms with Crippen molar-refractivity contribution in [3.8, 4) is 0 Å². The number of amides is 1. The van der Waals surface area contributed by atoms with Crippen LogP contribution in [0.3, 0.4) is 0 Å². The first-order valence-corrected chi connectivity index (χ1v) is 7.07. The minimum atomic E-state index is -0.655. The monoisotopic (exact) mass is 241 g/mol. The Morgan fingerprint density at radius 1 is 1.29 bits per heavy atom. The van der Waals surface area contributed by atoms with Gasteiger partial charge in [0.25, 0.3) is 0 Å². The van der Waals surface area contributed by atoms with Crippen LogP contribution in [0.2, 0.25) is 0 Å². The molecule has 1 rings (SSSR count). The Hall–Kier alpha value is -0.570. The van der Waals surface area contributed by atoms with E-state index in [2.05, 4.69) is 12.2 Å². The van der Waals surface area contributed by atoms with E-state index in [0.29, 0.717) is 6.54 Å². The summed E-state index contributed by atoms with van der Waals surface area (Å²) < 4.78 is 0. The van der Waals surface area contributed by atoms with Crippen molar-refractivity contribution in [2.24, 2.45) is 5.92 Å². The standard InChI is InChI=1S/C14H27NO2/c1-3-8-12(2)13(16)15-11-14(17)9-6-4-5-7-10-14/h12,17H,3-11H2,1-2H3,(H,15,16). The van der Waals surface area contributed by atoms with E-state index >= 15 is 0 Å². The van der Waals surface area contributed by atoms with Crippen LogP contribution in [0, 0.1) is 5.92 Å². The second kappa shape index (κ2) is 7.00. The molecule has 1 unspecified atom stereocenters. The van der Waals surface area contributed by atoms with E-state index in [4.69, 9.17) is 0 Å². The van der Waals surface area contributed by atoms with Crippen LogP contribution in [-0.2, 0) is 4.79 Å². The minimum absolute atomic E-state index is 0.0642. The molecule has 2 N–H and O–H groups in total. The Bertz CT molecular complexity index is 232. The SMILES string of the molecule is CCCC(C)C(=O)NCC1(O)CCCCCC1. The van der Waals surface area contributed by atoms with Crippen LogP contribution in [-0.4, -0.2) is 23.2 Å². The van der Waals surface area contributed by atoms with Gasteiger partial charge in [-0.15, -0.1) is 0 Å². The lowest BCUT2D eigenvalue weighted by atomic mass is 9.94. The highest BCUT2D eigenvalue weighted by molar-refractivity contribution is 5.78. The molecule has 1 atom stereocenters. The number of carbonyl (C=O) groups excluding carboxylic acids is 1. The topological polar surface area (TPSA) is 49.3 Å². The summed E-state index contributed by atoms with van der Waals surface area (Å²) in [6.07, 6.45) is 8.19. The first kappa shape index (κ1) is 14.5. The maximum absolute atomic E-state index is 11.8. The van der Waals surface area contributed by atoms with E-state index in [1.807, 2.05) is 6.92 Å². The first-order valence-electron chi connectivity index (χ1n) is 7.07. The molecule has 0 saturated heterocycles. The van der Waals surface area contributed by atoms with Crippen LogP contribution in [0.1, 0.15) is 65.2 Å². The molecule has 100 valence electrons. The molecule has 0 spiro atoms. The van der Waals surface area contributed by atoms with E-state index in [-0.39, 0.29) is 11.8 Å². The van der Waals surface area contributed by atoms with Crippen LogP contribution in [0.15, 0.2) is 0 Å². The quantitative estimate of drug-likeness (QED) is 0.727. The van der Waals surface area contributed by atoms with Gasteiger partial charge in [-0.25, -0.2) is 0 Å². The molecule has 0 aromatic rings. The molecule has 3 nitrogen and oxygen atoms in total. The smallest absolute Gasteiger partial charge is 0.222 e. The van der Waals surface area contributed by atoms with Gasteiger partial charge in [-0.3, -0.25) is 4.79 Å². The summed E-state index contributed by atoms with van der Waals surface area (Å²) in [5.74, 6) is 0.152. The normalized spacial score (nSPS) is 21.6. The molecule has 0 radical (unpaired) electrons. The van der Waals surface area contributed by atoms with Crippen molar-refractivity contribution >= 4 is 5.91 Å². The highest BCUT2D eigenvalue weighted by Crippen LogP contribution is 2.26. The van der Waals surface area contributed by atoms with Crippen LogP contribution in [0.25, 0.3) is 0 Å². The molecule has 1 amide bonds. The van der Waals surface area contributed by atoms with Crippen LogP contribution < -0.4 is 5.32 Å². The molecule has 1 saturated carbocycles. The summed E-state index contributed by atoms with van der Waals surface area (Å²) in [6.45, 7) is 4.47. The Kier molecular flexibility index (Phi) is 5.96. The van der Waals surface area contributed by atoms with E-state index in [1.165, 1.54) is 12.8 Å². The van der Waals surface area contributed by atoms with E-state index in [1.54, 1.807) is 0 Å². The highest BCUT2D eigenvalue weighted by Gasteiger charge is 2.28. The maximum atomic E-state index is 11.8. The summed E-state index contributed by atoms with van der Waals surface area (Å²) in [5, 5.41) is 13.3. The number of aliphatic hydroxyl groups is 1. The number of carbonyl (C=O) groups is 1. The number of rotatable bonds is 5. The molecule has 0 aromatic heterocycles. The van der Waals surface area contributed by atoms with Crippen molar-refractivity contribution in [1.82, 2.24) is 5.32 Å². The fourth-order valence-corrected chi connectivity index (χ4v) is 2.55. The van der Waals surface area contributed by atoms with Crippen molar-refractivity contribution in [3.63, 3.8) is 0 Å². The minimum Gasteiger partial charge on any atom is -0.388 e. The molecule has 1 fully saturated rings. The maximum Gasteiger partial charge on any atom is 0.222 e. The van der Waals surface area contributed by atoms with Gasteiger partial charge in [0.05, 0.1) is 5.60 Å². The van der Waals surface area contributed by atoms with Crippen molar-refractivity contribution in [2.75, 3.05) is 6.54 Å². The molecule has 0 aromatic carbocycles. The van der Waals surface area contributed by atoms with Crippen molar-refractivity contribution in [3.05, 3.63) is 0 Å². The van der Waals surface area contributed by atoms with Gasteiger partial charge in [0.15, 0.2) is 0 Å². The summed E-state index contributed by atoms with van der Waals surface area (Å²) in [6, 6.07) is 0. The number of hydrogen-bond donors (Lipinski definition) is 2. The van der Waals surface area contributed by atoms with Crippen LogP contribution in [0.5, 0.6) is 0 Å². The Morgan fingerprint density at radius 3 is 2.41 bits per heavy atom. The average Bonchev–Trinajstić information content (AvgIpc) is 2.52. The van der Waals surface area contributed by atoms with Crippen molar-refractivity contribution < 1.29 is 9.90 Å². The van der Waals surface area contributed by atoms with Gasteiger partial charge in [-0.1, -0.05) is 46.0 Å². The van der Waals surface area contributed by atoms with Gasteiger partial charge in [0, 0.05) is 12.5 Å². The zero-order chi connectivity index (χ0) is 12.7. The Balaban J connectivity index is 2.34. The van der Waals surface area contributed by atoms with Gasteiger partial charge in [-0.05, 0) is 19.3 Å². The molecule has 17 heavy (non-hydrogen) atoms. The lowest BCUT2D eigenvalue weighted by Gasteiger charge is -2.27. The van der Waals surface area contributed by atoms with Crippen molar-refractivity contribution in [2.45, 2.75) is 70.8 Å². The third kappa shape index (κ3) is 5.07. The number of hydrogen-bond acceptors (Lipinski definition) is 2. The molecule has 1 aliphatic rings. The average molecular weight is 241 g/mol. The van der Waals surface area contributed by atoms with E-state index < -0.39 is 5.60 Å². The zero-order valence-electron chi connectivity index (χ0n) is 11.3. The lowest BCUT2D eigenvalue weighted by Crippen LogP contribution is -2.44. The molecule has 3 heteroatoms. The molecule has 0 aliphatic heterocycles. The van der Waals surface area contributed by atoms with Gasteiger partial charge >= 0.3 is 0 Å². The third-order valence-electron chi connectivity index (χ3n) is 3.80. The molecular formula is C14H27NO2. The van der Waals surface area contributed by atoms with Gasteiger partial charge < -0.3 is 10.4 Å². The van der Waals surface area contributed by atoms with Gasteiger partial charge in [0.1, 0.15) is 0 Å². The highest BCUT2D eigenvalue weighted by atomic mass is 16.3. The first-order chi connectivity index (χ1) is 8.07. The molecule has 1 aliphatic carbocycles. The molecular weight excluding hydrogens is 214 g/mol. The summed E-state index contributed by atoms with van der Waals surface area (Å²) in [7, 11) is 0. The predicted octanol–water partition coefficient (Wildman–Crippen LogP) is 2.62. The largest absolute Gasteiger partial charge is 0.388 e. The summed E-state index contributed by atoms with van der Waals surface area (Å²) >= 11 is 0. The van der Waals surface area contributed by atoms with Gasteiger partial charge in [-0.2, -0.15) is 0 Å². The van der Waals surface area contributed by atoms with Gasteiger partial charge in [0.2, 0.25) is 5.91 Å². The molecule has 0 heterocycles. The van der Waals surface area contributed by atoms with E-state index in [9.17, 15) is 9.90 Å². The second-order valence-corrected chi connectivity index (χ2v) is 5.55. The Labute approximate surface area is 105 Å². The van der Waals surface area contributed by atoms with Crippen LogP contribution in [0.4, 0.5) is 0 Å². The lowest BCUT2D eigenvalue weighted by molar-refractivity contribution is -0.126. The molecule has 0 bridgehead atoms. The summed E-state index contributed by atoms with van der Waals surface area (Å²) in [4.78, 5) is 11.8. The second-order valence-electron chi connectivity index (χ2n) is 5.55.